The van der Waals surface area contributed by atoms with Crippen LogP contribution in [0.2, 0.25) is 0 Å². The first-order valence-corrected chi connectivity index (χ1v) is 10.7. The third kappa shape index (κ3) is 4.92. The molecule has 0 spiro atoms. The van der Waals surface area contributed by atoms with Crippen molar-refractivity contribution in [1.82, 2.24) is 20.6 Å². The lowest BCUT2D eigenvalue weighted by Crippen LogP contribution is -2.38. The Balaban J connectivity index is 1.53. The van der Waals surface area contributed by atoms with E-state index in [1.807, 2.05) is 49.8 Å². The summed E-state index contributed by atoms with van der Waals surface area (Å²) >= 11 is 0. The molecule has 8 heteroatoms. The lowest BCUT2D eigenvalue weighted by atomic mass is 9.95. The van der Waals surface area contributed by atoms with Gasteiger partial charge in [0.1, 0.15) is 6.17 Å². The quantitative estimate of drug-likeness (QED) is 0.350. The normalized spacial score (nSPS) is 19.7. The second-order valence-electron chi connectivity index (χ2n) is 7.98. The third-order valence-electron chi connectivity index (χ3n) is 5.57. The number of fused-ring (bicyclic) bond motifs is 1. The molecule has 8 nitrogen and oxygen atoms in total. The van der Waals surface area contributed by atoms with E-state index in [1.165, 1.54) is 12.8 Å². The summed E-state index contributed by atoms with van der Waals surface area (Å²) in [7, 11) is 1.85. The zero-order valence-electron chi connectivity index (χ0n) is 18.1. The van der Waals surface area contributed by atoms with Gasteiger partial charge in [-0.25, -0.2) is 0 Å². The number of hydrogen-bond donors (Lipinski definition) is 6. The van der Waals surface area contributed by atoms with Crippen LogP contribution in [0, 0.1) is 5.92 Å². The van der Waals surface area contributed by atoms with E-state index in [0.29, 0.717) is 11.7 Å². The molecular formula is C24H30N8. The van der Waals surface area contributed by atoms with Gasteiger partial charge in [-0.1, -0.05) is 6.07 Å². The van der Waals surface area contributed by atoms with Crippen LogP contribution in [0.15, 0.2) is 72.7 Å². The molecule has 32 heavy (non-hydrogen) atoms. The fourth-order valence-corrected chi connectivity index (χ4v) is 3.74. The Hall–Kier alpha value is -3.78. The Morgan fingerprint density at radius 1 is 1.31 bits per heavy atom. The highest BCUT2D eigenvalue weighted by Crippen LogP contribution is 2.36. The van der Waals surface area contributed by atoms with Gasteiger partial charge in [0, 0.05) is 37.4 Å². The second-order valence-corrected chi connectivity index (χ2v) is 7.98. The highest BCUT2D eigenvalue weighted by molar-refractivity contribution is 5.76. The van der Waals surface area contributed by atoms with Gasteiger partial charge in [0.25, 0.3) is 0 Å². The van der Waals surface area contributed by atoms with Crippen molar-refractivity contribution in [1.29, 1.82) is 0 Å². The Morgan fingerprint density at radius 3 is 2.84 bits per heavy atom. The van der Waals surface area contributed by atoms with E-state index in [4.69, 9.17) is 17.2 Å². The predicted octanol–water partition coefficient (Wildman–Crippen LogP) is 2.14. The summed E-state index contributed by atoms with van der Waals surface area (Å²) in [5.74, 6) is 1.10. The van der Waals surface area contributed by atoms with Crippen LogP contribution in [0.1, 0.15) is 35.7 Å². The third-order valence-corrected chi connectivity index (χ3v) is 5.57. The number of aromatic nitrogens is 2. The smallest absolute Gasteiger partial charge is 0.117 e. The van der Waals surface area contributed by atoms with Crippen molar-refractivity contribution in [3.63, 3.8) is 0 Å². The molecule has 2 aromatic rings. The number of anilines is 1. The van der Waals surface area contributed by atoms with Gasteiger partial charge in [0.15, 0.2) is 0 Å². The zero-order valence-corrected chi connectivity index (χ0v) is 18.1. The molecule has 1 fully saturated rings. The number of rotatable bonds is 8. The van der Waals surface area contributed by atoms with E-state index in [9.17, 15) is 0 Å². The van der Waals surface area contributed by atoms with Gasteiger partial charge in [-0.2, -0.15) is 0 Å². The van der Waals surface area contributed by atoms with Gasteiger partial charge in [0.05, 0.1) is 23.2 Å². The average Bonchev–Trinajstić information content (AvgIpc) is 3.66. The van der Waals surface area contributed by atoms with Gasteiger partial charge >= 0.3 is 0 Å². The number of nitrogens with zero attached hydrogens (tertiary/aromatic N) is 2. The molecule has 2 aliphatic rings. The van der Waals surface area contributed by atoms with Gasteiger partial charge in [0.2, 0.25) is 0 Å². The second kappa shape index (κ2) is 9.57. The summed E-state index contributed by atoms with van der Waals surface area (Å²) in [4.78, 5) is 8.81. The molecule has 0 saturated heterocycles. The van der Waals surface area contributed by atoms with E-state index >= 15 is 0 Å². The molecule has 0 amide bonds. The Labute approximate surface area is 188 Å². The van der Waals surface area contributed by atoms with Crippen LogP contribution in [0.4, 0.5) is 5.69 Å². The van der Waals surface area contributed by atoms with Crippen LogP contribution >= 0.6 is 0 Å². The molecule has 1 aliphatic heterocycles. The maximum Gasteiger partial charge on any atom is 0.117 e. The van der Waals surface area contributed by atoms with E-state index in [-0.39, 0.29) is 12.2 Å². The fourth-order valence-electron chi connectivity index (χ4n) is 3.74. The van der Waals surface area contributed by atoms with E-state index in [2.05, 4.69) is 32.0 Å². The van der Waals surface area contributed by atoms with Crippen molar-refractivity contribution >= 4 is 17.3 Å². The van der Waals surface area contributed by atoms with Crippen molar-refractivity contribution in [2.45, 2.75) is 25.0 Å². The lowest BCUT2D eigenvalue weighted by molar-refractivity contribution is 0.727. The molecule has 2 atom stereocenters. The van der Waals surface area contributed by atoms with Crippen LogP contribution in [0.5, 0.6) is 0 Å². The highest BCUT2D eigenvalue weighted by Gasteiger charge is 2.25. The molecule has 0 aromatic carbocycles. The minimum absolute atomic E-state index is 0.169. The van der Waals surface area contributed by atoms with Crippen molar-refractivity contribution in [3.05, 3.63) is 89.6 Å². The molecule has 1 aliphatic carbocycles. The van der Waals surface area contributed by atoms with E-state index in [1.54, 1.807) is 18.6 Å². The van der Waals surface area contributed by atoms with Gasteiger partial charge in [-0.05, 0) is 72.0 Å². The summed E-state index contributed by atoms with van der Waals surface area (Å²) < 4.78 is 0. The fraction of sp³-hybridized carbons (Fsp3) is 0.250. The summed E-state index contributed by atoms with van der Waals surface area (Å²) in [6.45, 7) is 0. The number of nitrogens with two attached hydrogens (primary N) is 3. The van der Waals surface area contributed by atoms with Gasteiger partial charge < -0.3 is 33.2 Å². The summed E-state index contributed by atoms with van der Waals surface area (Å²) in [5.41, 5.74) is 24.1. The first-order chi connectivity index (χ1) is 15.6. The van der Waals surface area contributed by atoms with Gasteiger partial charge in [-0.3, -0.25) is 9.97 Å². The predicted molar refractivity (Wildman–Crippen MR) is 129 cm³/mol. The largest absolute Gasteiger partial charge is 0.404 e. The summed E-state index contributed by atoms with van der Waals surface area (Å²) in [6, 6.07) is 5.56. The SMILES string of the molecule is CN/C=C(/c1cnc2c(c1)NC(N/C(N)=C/C(=C\N)C1CC1)C=C2)C(N)c1cccnc1. The number of allylic oxidation sites excluding steroid dienone is 2. The Bertz CT molecular complexity index is 1070. The molecule has 0 radical (unpaired) electrons. The Morgan fingerprint density at radius 2 is 2.16 bits per heavy atom. The zero-order chi connectivity index (χ0) is 22.5. The minimum Gasteiger partial charge on any atom is -0.404 e. The molecule has 3 heterocycles. The molecule has 0 bridgehead atoms. The average molecular weight is 431 g/mol. The number of nitrogens with one attached hydrogen (secondary N) is 3. The van der Waals surface area contributed by atoms with Crippen LogP contribution in [-0.4, -0.2) is 23.2 Å². The van der Waals surface area contributed by atoms with Crippen molar-refractivity contribution < 1.29 is 0 Å². The number of pyridine rings is 2. The molecule has 9 N–H and O–H groups in total. The molecule has 1 saturated carbocycles. The van der Waals surface area contributed by atoms with Gasteiger partial charge in [-0.15, -0.1) is 0 Å². The van der Waals surface area contributed by atoms with Crippen molar-refractivity contribution in [3.8, 4) is 0 Å². The van der Waals surface area contributed by atoms with Crippen LogP contribution in [0.3, 0.4) is 0 Å². The molecule has 4 rings (SSSR count). The molecular weight excluding hydrogens is 400 g/mol. The first kappa shape index (κ1) is 21.5. The van der Waals surface area contributed by atoms with Crippen LogP contribution in [0.25, 0.3) is 11.6 Å². The van der Waals surface area contributed by atoms with E-state index < -0.39 is 0 Å². The lowest BCUT2D eigenvalue weighted by Gasteiger charge is -2.25. The molecule has 2 unspecified atom stereocenters. The summed E-state index contributed by atoms with van der Waals surface area (Å²) in [6.07, 6.45) is 16.9. The maximum atomic E-state index is 6.55. The van der Waals surface area contributed by atoms with Crippen LogP contribution in [-0.2, 0) is 0 Å². The monoisotopic (exact) mass is 430 g/mol. The van der Waals surface area contributed by atoms with Crippen LogP contribution < -0.4 is 33.2 Å². The molecule has 2 aromatic heterocycles. The maximum absolute atomic E-state index is 6.55. The summed E-state index contributed by atoms with van der Waals surface area (Å²) in [5, 5.41) is 9.83. The first-order valence-electron chi connectivity index (χ1n) is 10.7. The standard InChI is InChI=1S/C24H30N8/c1-28-14-19(24(27)16-3-2-8-29-12-16)18-9-21-20(30-13-18)6-7-23(31-21)32-22(26)10-17(11-25)15-4-5-15/h2-3,6-15,23-24,28,31-32H,4-5,25-27H2,1H3/b17-11+,19-14-,22-10+. The molecule has 166 valence electrons. The van der Waals surface area contributed by atoms with Crippen molar-refractivity contribution in [2.75, 3.05) is 12.4 Å². The Kier molecular flexibility index (Phi) is 6.42. The number of hydrogen-bond acceptors (Lipinski definition) is 8. The van der Waals surface area contributed by atoms with E-state index in [0.717, 1.165) is 33.7 Å². The van der Waals surface area contributed by atoms with Crippen molar-refractivity contribution in [2.24, 2.45) is 23.1 Å². The topological polar surface area (TPSA) is 140 Å². The highest BCUT2D eigenvalue weighted by atomic mass is 15.2. The minimum atomic E-state index is -0.341.